The van der Waals surface area contributed by atoms with Crippen LogP contribution in [0, 0.1) is 6.92 Å². The third-order valence-electron chi connectivity index (χ3n) is 5.65. The Morgan fingerprint density at radius 3 is 2.72 bits per heavy atom. The summed E-state index contributed by atoms with van der Waals surface area (Å²) in [5, 5.41) is 4.45. The molecule has 0 bridgehead atoms. The van der Waals surface area contributed by atoms with Crippen LogP contribution < -0.4 is 4.74 Å². The van der Waals surface area contributed by atoms with Crippen LogP contribution >= 0.6 is 11.3 Å². The number of hydrogen-bond acceptors (Lipinski definition) is 4. The van der Waals surface area contributed by atoms with Gasteiger partial charge in [-0.15, -0.1) is 0 Å². The van der Waals surface area contributed by atoms with Crippen LogP contribution in [0.15, 0.2) is 35.0 Å². The molecule has 0 saturated carbocycles. The Kier molecular flexibility index (Phi) is 4.85. The zero-order valence-electron chi connectivity index (χ0n) is 15.3. The maximum Gasteiger partial charge on any atom is 0.124 e. The molecule has 0 unspecified atom stereocenters. The molecular weight excluding hydrogens is 328 g/mol. The minimum atomic E-state index is -0.0395. The van der Waals surface area contributed by atoms with Crippen LogP contribution in [0.3, 0.4) is 0 Å². The average molecular weight is 357 g/mol. The Labute approximate surface area is 155 Å². The first kappa shape index (κ1) is 17.1. The number of thiophene rings is 1. The second-order valence-electron chi connectivity index (χ2n) is 7.61. The Morgan fingerprint density at radius 1 is 1.16 bits per heavy atom. The zero-order valence-corrected chi connectivity index (χ0v) is 16.1. The number of benzene rings is 1. The molecule has 0 amide bonds. The standard InChI is InChI=1S/C21H28N2OS/c1-3-22-9-7-21(8-10-22)16-23(13-18-6-11-25-15-18)14-19-12-17(2)4-5-20(19)24-21/h4-6,11-12,15H,3,7-10,13-14,16H2,1-2H3. The minimum Gasteiger partial charge on any atom is -0.486 e. The van der Waals surface area contributed by atoms with Crippen molar-refractivity contribution in [2.24, 2.45) is 0 Å². The fourth-order valence-corrected chi connectivity index (χ4v) is 4.85. The van der Waals surface area contributed by atoms with Crippen molar-refractivity contribution >= 4 is 11.3 Å². The predicted molar refractivity (Wildman–Crippen MR) is 104 cm³/mol. The number of rotatable bonds is 3. The van der Waals surface area contributed by atoms with Crippen molar-refractivity contribution in [3.63, 3.8) is 0 Å². The highest BCUT2D eigenvalue weighted by Crippen LogP contribution is 2.36. The molecule has 1 aromatic heterocycles. The summed E-state index contributed by atoms with van der Waals surface area (Å²) < 4.78 is 6.72. The van der Waals surface area contributed by atoms with E-state index in [1.165, 1.54) is 16.7 Å². The molecule has 2 aliphatic rings. The number of aryl methyl sites for hydroxylation is 1. The van der Waals surface area contributed by atoms with Gasteiger partial charge in [0.1, 0.15) is 11.4 Å². The number of fused-ring (bicyclic) bond motifs is 1. The minimum absolute atomic E-state index is 0.0395. The van der Waals surface area contributed by atoms with Gasteiger partial charge in [0.15, 0.2) is 0 Å². The van der Waals surface area contributed by atoms with Crippen molar-refractivity contribution in [1.29, 1.82) is 0 Å². The summed E-state index contributed by atoms with van der Waals surface area (Å²) in [4.78, 5) is 5.13. The molecule has 0 N–H and O–H groups in total. The summed E-state index contributed by atoms with van der Waals surface area (Å²) in [6, 6.07) is 8.92. The van der Waals surface area contributed by atoms with E-state index in [1.807, 2.05) is 0 Å². The lowest BCUT2D eigenvalue weighted by molar-refractivity contribution is -0.0186. The highest BCUT2D eigenvalue weighted by molar-refractivity contribution is 7.07. The van der Waals surface area contributed by atoms with Crippen LogP contribution in [0.2, 0.25) is 0 Å². The summed E-state index contributed by atoms with van der Waals surface area (Å²) in [5.41, 5.74) is 4.03. The van der Waals surface area contributed by atoms with E-state index in [0.29, 0.717) is 0 Å². The van der Waals surface area contributed by atoms with Gasteiger partial charge < -0.3 is 9.64 Å². The molecule has 2 aromatic rings. The Hall–Kier alpha value is -1.36. The van der Waals surface area contributed by atoms with Gasteiger partial charge >= 0.3 is 0 Å². The van der Waals surface area contributed by atoms with E-state index in [0.717, 1.165) is 57.9 Å². The van der Waals surface area contributed by atoms with Crippen molar-refractivity contribution in [3.8, 4) is 5.75 Å². The number of nitrogens with zero attached hydrogens (tertiary/aromatic N) is 2. The lowest BCUT2D eigenvalue weighted by Crippen LogP contribution is -2.53. The number of piperidine rings is 1. The van der Waals surface area contributed by atoms with Gasteiger partial charge in [0.25, 0.3) is 0 Å². The van der Waals surface area contributed by atoms with Crippen LogP contribution in [0.1, 0.15) is 36.5 Å². The molecule has 3 nitrogen and oxygen atoms in total. The van der Waals surface area contributed by atoms with Gasteiger partial charge in [0.05, 0.1) is 0 Å². The number of ether oxygens (including phenoxy) is 1. The molecule has 0 aliphatic carbocycles. The summed E-state index contributed by atoms with van der Waals surface area (Å²) in [6.07, 6.45) is 2.24. The van der Waals surface area contributed by atoms with E-state index in [-0.39, 0.29) is 5.60 Å². The van der Waals surface area contributed by atoms with E-state index in [4.69, 9.17) is 4.74 Å². The van der Waals surface area contributed by atoms with Crippen LogP contribution in [0.5, 0.6) is 5.75 Å². The van der Waals surface area contributed by atoms with Crippen molar-refractivity contribution < 1.29 is 4.74 Å². The highest BCUT2D eigenvalue weighted by atomic mass is 32.1. The van der Waals surface area contributed by atoms with Crippen molar-refractivity contribution in [2.75, 3.05) is 26.2 Å². The summed E-state index contributed by atoms with van der Waals surface area (Å²) in [7, 11) is 0. The Bertz CT molecular complexity index is 705. The molecule has 1 fully saturated rings. The van der Waals surface area contributed by atoms with Gasteiger partial charge in [0.2, 0.25) is 0 Å². The van der Waals surface area contributed by atoms with Crippen LogP contribution in [-0.2, 0) is 13.1 Å². The first-order chi connectivity index (χ1) is 12.2. The van der Waals surface area contributed by atoms with Crippen LogP contribution in [0.25, 0.3) is 0 Å². The number of hydrogen-bond donors (Lipinski definition) is 0. The molecule has 4 heteroatoms. The predicted octanol–water partition coefficient (Wildman–Crippen LogP) is 4.31. The molecule has 0 atom stereocenters. The molecular formula is C21H28N2OS. The first-order valence-corrected chi connectivity index (χ1v) is 10.3. The summed E-state index contributed by atoms with van der Waals surface area (Å²) >= 11 is 1.79. The lowest BCUT2D eigenvalue weighted by atomic mass is 9.90. The molecule has 4 rings (SSSR count). The molecule has 3 heterocycles. The number of likely N-dealkylation sites (tertiary alicyclic amines) is 1. The van der Waals surface area contributed by atoms with Gasteiger partial charge in [-0.3, -0.25) is 4.90 Å². The van der Waals surface area contributed by atoms with Gasteiger partial charge in [-0.25, -0.2) is 0 Å². The topological polar surface area (TPSA) is 15.7 Å². The third-order valence-corrected chi connectivity index (χ3v) is 6.38. The Balaban J connectivity index is 1.62. The summed E-state index contributed by atoms with van der Waals surface area (Å²) in [6.45, 7) is 10.9. The maximum atomic E-state index is 6.72. The average Bonchev–Trinajstić information content (AvgIpc) is 3.06. The molecule has 0 radical (unpaired) electrons. The first-order valence-electron chi connectivity index (χ1n) is 9.40. The van der Waals surface area contributed by atoms with E-state index >= 15 is 0 Å². The molecule has 1 saturated heterocycles. The fraction of sp³-hybridized carbons (Fsp3) is 0.524. The highest BCUT2D eigenvalue weighted by Gasteiger charge is 2.40. The largest absolute Gasteiger partial charge is 0.486 e. The van der Waals surface area contributed by atoms with Gasteiger partial charge in [0, 0.05) is 51.1 Å². The quantitative estimate of drug-likeness (QED) is 0.815. The maximum absolute atomic E-state index is 6.72. The van der Waals surface area contributed by atoms with E-state index < -0.39 is 0 Å². The van der Waals surface area contributed by atoms with Crippen molar-refractivity contribution in [1.82, 2.24) is 9.80 Å². The smallest absolute Gasteiger partial charge is 0.124 e. The van der Waals surface area contributed by atoms with E-state index in [1.54, 1.807) is 11.3 Å². The SMILES string of the molecule is CCN1CCC2(CC1)CN(Cc1ccsc1)Cc1cc(C)ccc1O2. The Morgan fingerprint density at radius 2 is 2.00 bits per heavy atom. The van der Waals surface area contributed by atoms with Gasteiger partial charge in [-0.05, 0) is 41.9 Å². The summed E-state index contributed by atoms with van der Waals surface area (Å²) in [5.74, 6) is 1.10. The fourth-order valence-electron chi connectivity index (χ4n) is 4.19. The zero-order chi connectivity index (χ0) is 17.3. The van der Waals surface area contributed by atoms with Gasteiger partial charge in [-0.2, -0.15) is 11.3 Å². The molecule has 1 spiro atoms. The van der Waals surface area contributed by atoms with Crippen molar-refractivity contribution in [2.45, 2.75) is 45.4 Å². The van der Waals surface area contributed by atoms with E-state index in [9.17, 15) is 0 Å². The molecule has 2 aliphatic heterocycles. The second-order valence-corrected chi connectivity index (χ2v) is 8.39. The normalized spacial score (nSPS) is 20.9. The monoisotopic (exact) mass is 356 g/mol. The van der Waals surface area contributed by atoms with E-state index in [2.05, 4.69) is 58.7 Å². The van der Waals surface area contributed by atoms with Crippen LogP contribution in [0.4, 0.5) is 0 Å². The van der Waals surface area contributed by atoms with Gasteiger partial charge in [-0.1, -0.05) is 24.6 Å². The second kappa shape index (κ2) is 7.10. The van der Waals surface area contributed by atoms with Crippen molar-refractivity contribution in [3.05, 3.63) is 51.7 Å². The molecule has 25 heavy (non-hydrogen) atoms. The lowest BCUT2D eigenvalue weighted by Gasteiger charge is -2.42. The van der Waals surface area contributed by atoms with Crippen LogP contribution in [-0.4, -0.2) is 41.6 Å². The molecule has 134 valence electrons. The molecule has 1 aromatic carbocycles. The third kappa shape index (κ3) is 3.76.